The molecule has 102 valence electrons. The molecule has 1 aromatic carbocycles. The highest BCUT2D eigenvalue weighted by Gasteiger charge is 2.12. The standard InChI is InChI=1S/C15H19FN2S/c1-2-17-11-13(10-15-18-7-8-19-15)9-12-3-5-14(16)6-4-12/h3-8,13,17H,2,9-11H2,1H3. The van der Waals surface area contributed by atoms with Crippen LogP contribution in [0.1, 0.15) is 17.5 Å². The second kappa shape index (κ2) is 7.36. The Morgan fingerprint density at radius 3 is 2.68 bits per heavy atom. The molecule has 0 aliphatic heterocycles. The summed E-state index contributed by atoms with van der Waals surface area (Å²) < 4.78 is 12.9. The fraction of sp³-hybridized carbons (Fsp3) is 0.400. The van der Waals surface area contributed by atoms with E-state index in [1.165, 1.54) is 22.7 Å². The molecule has 0 spiro atoms. The number of hydrogen-bond donors (Lipinski definition) is 1. The van der Waals surface area contributed by atoms with Crippen LogP contribution in [-0.4, -0.2) is 18.1 Å². The quantitative estimate of drug-likeness (QED) is 0.840. The maximum atomic E-state index is 12.9. The first kappa shape index (κ1) is 14.2. The lowest BCUT2D eigenvalue weighted by Gasteiger charge is -2.16. The molecular weight excluding hydrogens is 259 g/mol. The van der Waals surface area contributed by atoms with E-state index in [4.69, 9.17) is 0 Å². The zero-order chi connectivity index (χ0) is 13.5. The Bertz CT molecular complexity index is 467. The molecule has 0 fully saturated rings. The van der Waals surface area contributed by atoms with Gasteiger partial charge in [-0.1, -0.05) is 19.1 Å². The topological polar surface area (TPSA) is 24.9 Å². The molecule has 1 atom stereocenters. The van der Waals surface area contributed by atoms with Gasteiger partial charge in [0.25, 0.3) is 0 Å². The molecule has 1 heterocycles. The van der Waals surface area contributed by atoms with Crippen molar-refractivity contribution in [1.29, 1.82) is 0 Å². The van der Waals surface area contributed by atoms with E-state index in [0.29, 0.717) is 5.92 Å². The van der Waals surface area contributed by atoms with Crippen molar-refractivity contribution in [3.63, 3.8) is 0 Å². The molecule has 19 heavy (non-hydrogen) atoms. The van der Waals surface area contributed by atoms with Gasteiger partial charge < -0.3 is 5.32 Å². The minimum atomic E-state index is -0.174. The fourth-order valence-electron chi connectivity index (χ4n) is 2.12. The van der Waals surface area contributed by atoms with Crippen LogP contribution in [0.25, 0.3) is 0 Å². The Morgan fingerprint density at radius 2 is 2.05 bits per heavy atom. The van der Waals surface area contributed by atoms with Crippen molar-refractivity contribution in [3.05, 3.63) is 52.2 Å². The van der Waals surface area contributed by atoms with Gasteiger partial charge in [-0.15, -0.1) is 11.3 Å². The van der Waals surface area contributed by atoms with Crippen molar-refractivity contribution in [2.45, 2.75) is 19.8 Å². The lowest BCUT2D eigenvalue weighted by molar-refractivity contribution is 0.477. The zero-order valence-corrected chi connectivity index (χ0v) is 11.9. The van der Waals surface area contributed by atoms with Gasteiger partial charge >= 0.3 is 0 Å². The molecule has 2 rings (SSSR count). The average Bonchev–Trinajstić information content (AvgIpc) is 2.91. The van der Waals surface area contributed by atoms with Crippen LogP contribution in [-0.2, 0) is 12.8 Å². The predicted octanol–water partition coefficient (Wildman–Crippen LogP) is 3.29. The van der Waals surface area contributed by atoms with Crippen molar-refractivity contribution >= 4 is 11.3 Å². The third-order valence-electron chi connectivity index (χ3n) is 3.07. The average molecular weight is 278 g/mol. The van der Waals surface area contributed by atoms with Gasteiger partial charge in [0.15, 0.2) is 0 Å². The number of aromatic nitrogens is 1. The SMILES string of the molecule is CCNCC(Cc1ccc(F)cc1)Cc1nccs1. The van der Waals surface area contributed by atoms with Gasteiger partial charge in [0.1, 0.15) is 5.82 Å². The van der Waals surface area contributed by atoms with Crippen LogP contribution in [0.4, 0.5) is 4.39 Å². The van der Waals surface area contributed by atoms with Gasteiger partial charge in [-0.3, -0.25) is 0 Å². The van der Waals surface area contributed by atoms with Gasteiger partial charge in [-0.05, 0) is 43.1 Å². The highest BCUT2D eigenvalue weighted by atomic mass is 32.1. The molecule has 1 aromatic heterocycles. The van der Waals surface area contributed by atoms with Crippen LogP contribution in [0.5, 0.6) is 0 Å². The molecule has 1 unspecified atom stereocenters. The van der Waals surface area contributed by atoms with E-state index in [9.17, 15) is 4.39 Å². The van der Waals surface area contributed by atoms with Crippen LogP contribution in [0.15, 0.2) is 35.8 Å². The number of rotatable bonds is 7. The molecule has 0 bridgehead atoms. The summed E-state index contributed by atoms with van der Waals surface area (Å²) in [5.74, 6) is 0.323. The van der Waals surface area contributed by atoms with E-state index in [-0.39, 0.29) is 5.82 Å². The molecular formula is C15H19FN2S. The lowest BCUT2D eigenvalue weighted by Crippen LogP contribution is -2.25. The number of nitrogens with one attached hydrogen (secondary N) is 1. The van der Waals surface area contributed by atoms with Gasteiger partial charge in [-0.25, -0.2) is 9.37 Å². The largest absolute Gasteiger partial charge is 0.317 e. The second-order valence-electron chi connectivity index (χ2n) is 4.63. The monoisotopic (exact) mass is 278 g/mol. The highest BCUT2D eigenvalue weighted by molar-refractivity contribution is 7.09. The summed E-state index contributed by atoms with van der Waals surface area (Å²) in [5.41, 5.74) is 1.18. The van der Waals surface area contributed by atoms with E-state index in [1.807, 2.05) is 23.7 Å². The molecule has 2 aromatic rings. The van der Waals surface area contributed by atoms with Crippen molar-refractivity contribution in [2.24, 2.45) is 5.92 Å². The maximum absolute atomic E-state index is 12.9. The van der Waals surface area contributed by atoms with E-state index in [1.54, 1.807) is 11.3 Å². The third-order valence-corrected chi connectivity index (χ3v) is 3.87. The molecule has 0 aliphatic carbocycles. The van der Waals surface area contributed by atoms with E-state index in [0.717, 1.165) is 25.9 Å². The number of thiazole rings is 1. The van der Waals surface area contributed by atoms with Crippen LogP contribution in [0, 0.1) is 11.7 Å². The molecule has 0 amide bonds. The van der Waals surface area contributed by atoms with Crippen molar-refractivity contribution in [3.8, 4) is 0 Å². The number of nitrogens with zero attached hydrogens (tertiary/aromatic N) is 1. The fourth-order valence-corrected chi connectivity index (χ4v) is 2.85. The first-order chi connectivity index (χ1) is 9.28. The van der Waals surface area contributed by atoms with E-state index < -0.39 is 0 Å². The molecule has 1 N–H and O–H groups in total. The molecule has 0 aliphatic rings. The molecule has 4 heteroatoms. The summed E-state index contributed by atoms with van der Waals surface area (Å²) in [6, 6.07) is 6.80. The second-order valence-corrected chi connectivity index (χ2v) is 5.61. The Hall–Kier alpha value is -1.26. The van der Waals surface area contributed by atoms with Crippen LogP contribution in [0.2, 0.25) is 0 Å². The molecule has 0 saturated carbocycles. The molecule has 2 nitrogen and oxygen atoms in total. The summed E-state index contributed by atoms with van der Waals surface area (Å²) in [4.78, 5) is 4.35. The van der Waals surface area contributed by atoms with Crippen molar-refractivity contribution in [1.82, 2.24) is 10.3 Å². The summed E-state index contributed by atoms with van der Waals surface area (Å²) in [6.45, 7) is 4.05. The summed E-state index contributed by atoms with van der Waals surface area (Å²) in [6.07, 6.45) is 3.77. The van der Waals surface area contributed by atoms with Crippen LogP contribution >= 0.6 is 11.3 Å². The zero-order valence-electron chi connectivity index (χ0n) is 11.1. The Balaban J connectivity index is 1.98. The minimum Gasteiger partial charge on any atom is -0.317 e. The summed E-state index contributed by atoms with van der Waals surface area (Å²) in [7, 11) is 0. The minimum absolute atomic E-state index is 0.174. The van der Waals surface area contributed by atoms with Crippen LogP contribution in [0.3, 0.4) is 0 Å². The third kappa shape index (κ3) is 4.73. The molecule has 0 saturated heterocycles. The highest BCUT2D eigenvalue weighted by Crippen LogP contribution is 2.16. The van der Waals surface area contributed by atoms with Crippen molar-refractivity contribution in [2.75, 3.05) is 13.1 Å². The van der Waals surface area contributed by atoms with Gasteiger partial charge in [0.05, 0.1) is 5.01 Å². The smallest absolute Gasteiger partial charge is 0.123 e. The van der Waals surface area contributed by atoms with Crippen molar-refractivity contribution < 1.29 is 4.39 Å². The molecule has 0 radical (unpaired) electrons. The number of halogens is 1. The first-order valence-corrected chi connectivity index (χ1v) is 7.49. The Kier molecular flexibility index (Phi) is 5.48. The summed E-state index contributed by atoms with van der Waals surface area (Å²) in [5, 5.41) is 6.58. The number of hydrogen-bond acceptors (Lipinski definition) is 3. The first-order valence-electron chi connectivity index (χ1n) is 6.61. The van der Waals surface area contributed by atoms with Gasteiger partial charge in [-0.2, -0.15) is 0 Å². The van der Waals surface area contributed by atoms with E-state index in [2.05, 4.69) is 17.2 Å². The normalized spacial score (nSPS) is 12.5. The Morgan fingerprint density at radius 1 is 1.26 bits per heavy atom. The lowest BCUT2D eigenvalue weighted by atomic mass is 9.96. The summed E-state index contributed by atoms with van der Waals surface area (Å²) >= 11 is 1.70. The van der Waals surface area contributed by atoms with E-state index >= 15 is 0 Å². The Labute approximate surface area is 117 Å². The van der Waals surface area contributed by atoms with Gasteiger partial charge in [0, 0.05) is 18.0 Å². The number of benzene rings is 1. The predicted molar refractivity (Wildman–Crippen MR) is 78.0 cm³/mol. The van der Waals surface area contributed by atoms with Crippen LogP contribution < -0.4 is 5.32 Å². The maximum Gasteiger partial charge on any atom is 0.123 e. The van der Waals surface area contributed by atoms with Gasteiger partial charge in [0.2, 0.25) is 0 Å².